The molecule has 0 atom stereocenters. The Morgan fingerprint density at radius 3 is 2.62 bits per heavy atom. The average Bonchev–Trinajstić information content (AvgIpc) is 2.98. The van der Waals surface area contributed by atoms with E-state index >= 15 is 0 Å². The fourth-order valence-electron chi connectivity index (χ4n) is 2.75. The van der Waals surface area contributed by atoms with Crippen molar-refractivity contribution in [2.75, 3.05) is 11.1 Å². The second kappa shape index (κ2) is 5.66. The van der Waals surface area contributed by atoms with E-state index in [4.69, 9.17) is 5.73 Å². The minimum Gasteiger partial charge on any atom is -0.368 e. The van der Waals surface area contributed by atoms with Crippen molar-refractivity contribution in [1.82, 2.24) is 19.5 Å². The smallest absolute Gasteiger partial charge is 0.222 e. The first-order chi connectivity index (χ1) is 11.7. The largest absolute Gasteiger partial charge is 0.368 e. The minimum atomic E-state index is 0.266. The Morgan fingerprint density at radius 2 is 1.83 bits per heavy atom. The Hall–Kier alpha value is -3.41. The molecule has 0 spiro atoms. The van der Waals surface area contributed by atoms with Gasteiger partial charge in [-0.25, -0.2) is 4.98 Å². The third-order valence-corrected chi connectivity index (χ3v) is 3.78. The van der Waals surface area contributed by atoms with Crippen LogP contribution >= 0.6 is 0 Å². The molecule has 0 saturated carbocycles. The summed E-state index contributed by atoms with van der Waals surface area (Å²) in [6, 6.07) is 14.1. The quantitative estimate of drug-likeness (QED) is 0.605. The number of nitrogens with one attached hydrogen (secondary N) is 1. The Balaban J connectivity index is 1.69. The van der Waals surface area contributed by atoms with Gasteiger partial charge in [0.15, 0.2) is 0 Å². The van der Waals surface area contributed by atoms with E-state index in [9.17, 15) is 0 Å². The lowest BCUT2D eigenvalue weighted by molar-refractivity contribution is 1.11. The summed E-state index contributed by atoms with van der Waals surface area (Å²) in [5.74, 6) is 0.954. The molecule has 0 amide bonds. The molecule has 0 bridgehead atoms. The van der Waals surface area contributed by atoms with Crippen molar-refractivity contribution < 1.29 is 0 Å². The molecule has 0 aliphatic carbocycles. The maximum Gasteiger partial charge on any atom is 0.222 e. The van der Waals surface area contributed by atoms with Crippen LogP contribution in [0.5, 0.6) is 0 Å². The topological polar surface area (TPSA) is 81.7 Å². The summed E-state index contributed by atoms with van der Waals surface area (Å²) in [5.41, 5.74) is 9.69. The molecule has 6 nitrogen and oxygen atoms in total. The molecule has 4 aromatic rings. The van der Waals surface area contributed by atoms with Crippen molar-refractivity contribution in [2.45, 2.75) is 6.92 Å². The molecule has 3 heterocycles. The van der Waals surface area contributed by atoms with Gasteiger partial charge >= 0.3 is 0 Å². The highest BCUT2D eigenvalue weighted by Crippen LogP contribution is 2.25. The molecule has 0 aliphatic heterocycles. The van der Waals surface area contributed by atoms with E-state index < -0.39 is 0 Å². The van der Waals surface area contributed by atoms with Crippen LogP contribution in [-0.4, -0.2) is 19.5 Å². The number of anilines is 3. The van der Waals surface area contributed by atoms with Crippen LogP contribution in [0.3, 0.4) is 0 Å². The van der Waals surface area contributed by atoms with Gasteiger partial charge < -0.3 is 15.6 Å². The predicted molar refractivity (Wildman–Crippen MR) is 95.5 cm³/mol. The fraction of sp³-hybridized carbons (Fsp3) is 0.0556. The van der Waals surface area contributed by atoms with Gasteiger partial charge in [0.05, 0.1) is 5.52 Å². The number of hydrogen-bond donors (Lipinski definition) is 2. The van der Waals surface area contributed by atoms with Gasteiger partial charge in [-0.15, -0.1) is 0 Å². The van der Waals surface area contributed by atoms with Crippen LogP contribution in [0.2, 0.25) is 0 Å². The van der Waals surface area contributed by atoms with Crippen LogP contribution in [0, 0.1) is 6.92 Å². The molecular weight excluding hydrogens is 300 g/mol. The van der Waals surface area contributed by atoms with E-state index in [0.29, 0.717) is 5.82 Å². The first-order valence-electron chi connectivity index (χ1n) is 7.59. The number of hydrogen-bond acceptors (Lipinski definition) is 5. The Kier molecular flexibility index (Phi) is 3.35. The zero-order valence-electron chi connectivity index (χ0n) is 13.1. The van der Waals surface area contributed by atoms with Crippen LogP contribution in [0.1, 0.15) is 5.69 Å². The van der Waals surface area contributed by atoms with Crippen molar-refractivity contribution >= 4 is 28.4 Å². The zero-order chi connectivity index (χ0) is 16.5. The number of aryl methyl sites for hydroxylation is 1. The molecule has 1 aromatic carbocycles. The molecule has 118 valence electrons. The number of fused-ring (bicyclic) bond motifs is 1. The van der Waals surface area contributed by atoms with Gasteiger partial charge in [-0.3, -0.25) is 4.98 Å². The van der Waals surface area contributed by atoms with E-state index in [1.165, 1.54) is 0 Å². The highest BCUT2D eigenvalue weighted by Gasteiger charge is 2.05. The summed E-state index contributed by atoms with van der Waals surface area (Å²) in [5, 5.41) is 4.41. The van der Waals surface area contributed by atoms with Crippen LogP contribution in [-0.2, 0) is 0 Å². The number of nitrogen functional groups attached to an aromatic ring is 1. The van der Waals surface area contributed by atoms with Crippen molar-refractivity contribution in [3.63, 3.8) is 0 Å². The molecule has 3 aromatic heterocycles. The number of nitrogens with zero attached hydrogens (tertiary/aromatic N) is 4. The number of nitrogens with two attached hydrogens (primary N) is 1. The van der Waals surface area contributed by atoms with Gasteiger partial charge in [-0.2, -0.15) is 4.98 Å². The molecule has 6 heteroatoms. The normalized spacial score (nSPS) is 10.9. The van der Waals surface area contributed by atoms with Crippen molar-refractivity contribution in [3.05, 3.63) is 66.7 Å². The van der Waals surface area contributed by atoms with Gasteiger partial charge in [-0.1, -0.05) is 0 Å². The van der Waals surface area contributed by atoms with Gasteiger partial charge in [-0.05, 0) is 43.3 Å². The average molecular weight is 316 g/mol. The number of pyridine rings is 1. The second-order valence-corrected chi connectivity index (χ2v) is 5.54. The standard InChI is InChI=1S/C18H16N6/c1-12-10-17(23-18(19)21-12)22-14-2-3-16-13(11-14)6-9-24(16)15-4-7-20-8-5-15/h2-11H,1H3,(H3,19,21,22,23). The van der Waals surface area contributed by atoms with Gasteiger partial charge in [0.25, 0.3) is 0 Å². The number of rotatable bonds is 3. The summed E-state index contributed by atoms with van der Waals surface area (Å²) in [6.07, 6.45) is 5.63. The molecule has 0 fully saturated rings. The van der Waals surface area contributed by atoms with Gasteiger partial charge in [0.2, 0.25) is 5.95 Å². The zero-order valence-corrected chi connectivity index (χ0v) is 13.1. The highest BCUT2D eigenvalue weighted by atomic mass is 15.1. The predicted octanol–water partition coefficient (Wildman–Crippen LogP) is 3.45. The summed E-state index contributed by atoms with van der Waals surface area (Å²) < 4.78 is 2.13. The summed E-state index contributed by atoms with van der Waals surface area (Å²) in [6.45, 7) is 1.89. The Labute approximate surface area is 139 Å². The van der Waals surface area contributed by atoms with Crippen LogP contribution < -0.4 is 11.1 Å². The fourth-order valence-corrected chi connectivity index (χ4v) is 2.75. The minimum absolute atomic E-state index is 0.266. The Bertz CT molecular complexity index is 986. The maximum atomic E-state index is 5.70. The summed E-state index contributed by atoms with van der Waals surface area (Å²) >= 11 is 0. The van der Waals surface area contributed by atoms with E-state index in [1.807, 2.05) is 31.2 Å². The third kappa shape index (κ3) is 2.65. The second-order valence-electron chi connectivity index (χ2n) is 5.54. The van der Waals surface area contributed by atoms with E-state index in [0.717, 1.165) is 28.0 Å². The molecule has 0 radical (unpaired) electrons. The lowest BCUT2D eigenvalue weighted by Gasteiger charge is -2.08. The van der Waals surface area contributed by atoms with Crippen LogP contribution in [0.15, 0.2) is 61.1 Å². The van der Waals surface area contributed by atoms with E-state index in [1.54, 1.807) is 12.4 Å². The van der Waals surface area contributed by atoms with Gasteiger partial charge in [0, 0.05) is 47.1 Å². The van der Waals surface area contributed by atoms with E-state index in [2.05, 4.69) is 49.2 Å². The summed E-state index contributed by atoms with van der Waals surface area (Å²) in [7, 11) is 0. The van der Waals surface area contributed by atoms with Crippen molar-refractivity contribution in [1.29, 1.82) is 0 Å². The first-order valence-corrected chi connectivity index (χ1v) is 7.59. The van der Waals surface area contributed by atoms with Crippen LogP contribution in [0.4, 0.5) is 17.5 Å². The van der Waals surface area contributed by atoms with E-state index in [-0.39, 0.29) is 5.95 Å². The lowest BCUT2D eigenvalue weighted by Crippen LogP contribution is -2.01. The van der Waals surface area contributed by atoms with Gasteiger partial charge in [0.1, 0.15) is 5.82 Å². The molecule has 3 N–H and O–H groups in total. The molecule has 0 saturated heterocycles. The van der Waals surface area contributed by atoms with Crippen molar-refractivity contribution in [3.8, 4) is 5.69 Å². The Morgan fingerprint density at radius 1 is 1.00 bits per heavy atom. The monoisotopic (exact) mass is 316 g/mol. The van der Waals surface area contributed by atoms with Crippen LogP contribution in [0.25, 0.3) is 16.6 Å². The number of aromatic nitrogens is 4. The SMILES string of the molecule is Cc1cc(Nc2ccc3c(ccn3-c3ccncc3)c2)nc(N)n1. The first kappa shape index (κ1) is 14.2. The molecule has 0 unspecified atom stereocenters. The highest BCUT2D eigenvalue weighted by molar-refractivity contribution is 5.86. The maximum absolute atomic E-state index is 5.70. The third-order valence-electron chi connectivity index (χ3n) is 3.78. The molecular formula is C18H16N6. The number of benzene rings is 1. The summed E-state index contributed by atoms with van der Waals surface area (Å²) in [4.78, 5) is 12.4. The molecule has 0 aliphatic rings. The lowest BCUT2D eigenvalue weighted by atomic mass is 10.2. The molecule has 24 heavy (non-hydrogen) atoms. The van der Waals surface area contributed by atoms with Crippen molar-refractivity contribution in [2.24, 2.45) is 0 Å². The molecule has 4 rings (SSSR count).